The zero-order valence-corrected chi connectivity index (χ0v) is 12.9. The Bertz CT molecular complexity index is 410. The first-order chi connectivity index (χ1) is 9.15. The summed E-state index contributed by atoms with van der Waals surface area (Å²) in [6.45, 7) is 0.862. The van der Waals surface area contributed by atoms with Crippen LogP contribution in [0.2, 0.25) is 0 Å². The van der Waals surface area contributed by atoms with E-state index in [1.165, 1.54) is 37.1 Å². The van der Waals surface area contributed by atoms with Gasteiger partial charge in [-0.2, -0.15) is 11.8 Å². The predicted molar refractivity (Wildman–Crippen MR) is 87.6 cm³/mol. The summed E-state index contributed by atoms with van der Waals surface area (Å²) in [5.41, 5.74) is 6.99. The van der Waals surface area contributed by atoms with Gasteiger partial charge in [0.05, 0.1) is 0 Å². The van der Waals surface area contributed by atoms with Crippen molar-refractivity contribution in [2.24, 2.45) is 5.73 Å². The Balaban J connectivity index is 2.35. The van der Waals surface area contributed by atoms with Crippen molar-refractivity contribution in [1.29, 1.82) is 0 Å². The first-order valence-corrected chi connectivity index (χ1v) is 8.27. The van der Waals surface area contributed by atoms with Crippen LogP contribution in [0.15, 0.2) is 18.2 Å². The number of nitrogens with one attached hydrogen (secondary N) is 1. The highest BCUT2D eigenvalue weighted by Crippen LogP contribution is 2.17. The van der Waals surface area contributed by atoms with Crippen LogP contribution in [0.3, 0.4) is 0 Å². The maximum Gasteiger partial charge on any atom is 0.124 e. The van der Waals surface area contributed by atoms with E-state index in [-0.39, 0.29) is 10.8 Å². The number of nitrogens with two attached hydrogens (primary N) is 1. The van der Waals surface area contributed by atoms with Crippen molar-refractivity contribution < 1.29 is 4.39 Å². The van der Waals surface area contributed by atoms with Crippen LogP contribution in [0.5, 0.6) is 0 Å². The van der Waals surface area contributed by atoms with E-state index in [0.717, 1.165) is 18.7 Å². The number of hydrogen-bond donors (Lipinski definition) is 2. The highest BCUT2D eigenvalue weighted by atomic mass is 32.2. The zero-order chi connectivity index (χ0) is 14.1. The zero-order valence-electron chi connectivity index (χ0n) is 11.2. The molecule has 0 saturated heterocycles. The minimum Gasteiger partial charge on any atom is -0.389 e. The summed E-state index contributed by atoms with van der Waals surface area (Å²) in [7, 11) is 0. The molecule has 1 aromatic carbocycles. The molecule has 0 unspecified atom stereocenters. The Morgan fingerprint density at radius 2 is 2.05 bits per heavy atom. The number of halogens is 1. The second-order valence-electron chi connectivity index (χ2n) is 4.39. The van der Waals surface area contributed by atoms with Crippen molar-refractivity contribution >= 4 is 34.7 Å². The summed E-state index contributed by atoms with van der Waals surface area (Å²) in [5.74, 6) is 0.919. The molecule has 0 bridgehead atoms. The quantitative estimate of drug-likeness (QED) is 0.537. The van der Waals surface area contributed by atoms with Gasteiger partial charge in [-0.15, -0.1) is 0 Å². The molecule has 19 heavy (non-hydrogen) atoms. The molecule has 0 aliphatic heterocycles. The second kappa shape index (κ2) is 9.15. The normalized spacial score (nSPS) is 10.4. The topological polar surface area (TPSA) is 38.0 Å². The number of anilines is 1. The van der Waals surface area contributed by atoms with E-state index in [1.54, 1.807) is 6.07 Å². The van der Waals surface area contributed by atoms with Crippen molar-refractivity contribution in [3.63, 3.8) is 0 Å². The summed E-state index contributed by atoms with van der Waals surface area (Å²) < 4.78 is 13.1. The van der Waals surface area contributed by atoms with Gasteiger partial charge in [-0.25, -0.2) is 4.39 Å². The van der Waals surface area contributed by atoms with Crippen LogP contribution in [0, 0.1) is 5.82 Å². The molecule has 0 atom stereocenters. The van der Waals surface area contributed by atoms with E-state index >= 15 is 0 Å². The molecule has 3 N–H and O–H groups in total. The summed E-state index contributed by atoms with van der Waals surface area (Å²) in [6, 6.07) is 4.49. The third-order valence-corrected chi connectivity index (χ3v) is 3.75. The van der Waals surface area contributed by atoms with Gasteiger partial charge in [0.25, 0.3) is 0 Å². The SMILES string of the molecule is CSCCCCCCNc1ccc(F)cc1C(N)=S. The standard InChI is InChI=1S/C14H21FN2S2/c1-19-9-5-3-2-4-8-17-13-7-6-11(15)10-12(13)14(16)18/h6-7,10,17H,2-5,8-9H2,1H3,(H2,16,18). The predicted octanol–water partition coefficient (Wildman–Crippen LogP) is 3.80. The maximum absolute atomic E-state index is 13.1. The second-order valence-corrected chi connectivity index (χ2v) is 5.81. The Kier molecular flexibility index (Phi) is 7.82. The van der Waals surface area contributed by atoms with Gasteiger partial charge >= 0.3 is 0 Å². The molecular formula is C14H21FN2S2. The summed E-state index contributed by atoms with van der Waals surface area (Å²) in [5, 5.41) is 3.27. The number of unbranched alkanes of at least 4 members (excludes halogenated alkanes) is 3. The molecule has 0 fully saturated rings. The molecule has 0 heterocycles. The van der Waals surface area contributed by atoms with E-state index in [4.69, 9.17) is 18.0 Å². The highest BCUT2D eigenvalue weighted by Gasteiger charge is 2.06. The van der Waals surface area contributed by atoms with E-state index in [9.17, 15) is 4.39 Å². The lowest BCUT2D eigenvalue weighted by Crippen LogP contribution is -2.14. The van der Waals surface area contributed by atoms with Crippen molar-refractivity contribution in [2.75, 3.05) is 23.9 Å². The highest BCUT2D eigenvalue weighted by molar-refractivity contribution is 7.98. The fourth-order valence-corrected chi connectivity index (χ4v) is 2.48. The molecule has 0 spiro atoms. The molecule has 0 aliphatic rings. The van der Waals surface area contributed by atoms with Crippen molar-refractivity contribution in [2.45, 2.75) is 25.7 Å². The first kappa shape index (κ1) is 16.2. The molecule has 1 aromatic rings. The number of rotatable bonds is 9. The molecule has 106 valence electrons. The fraction of sp³-hybridized carbons (Fsp3) is 0.500. The molecule has 1 rings (SSSR count). The van der Waals surface area contributed by atoms with Crippen LogP contribution in [0.4, 0.5) is 10.1 Å². The lowest BCUT2D eigenvalue weighted by Gasteiger charge is -2.11. The Morgan fingerprint density at radius 3 is 2.74 bits per heavy atom. The minimum absolute atomic E-state index is 0.224. The van der Waals surface area contributed by atoms with Crippen LogP contribution in [0.1, 0.15) is 31.2 Å². The average molecular weight is 300 g/mol. The lowest BCUT2D eigenvalue weighted by molar-refractivity contribution is 0.627. The molecular weight excluding hydrogens is 279 g/mol. The third kappa shape index (κ3) is 6.25. The van der Waals surface area contributed by atoms with Crippen LogP contribution in [0.25, 0.3) is 0 Å². The molecule has 0 aliphatic carbocycles. The van der Waals surface area contributed by atoms with Crippen molar-refractivity contribution in [1.82, 2.24) is 0 Å². The van der Waals surface area contributed by atoms with Crippen LogP contribution in [-0.2, 0) is 0 Å². The average Bonchev–Trinajstić information content (AvgIpc) is 2.39. The molecule has 0 saturated carbocycles. The third-order valence-electron chi connectivity index (χ3n) is 2.84. The van der Waals surface area contributed by atoms with Gasteiger partial charge in [0.1, 0.15) is 10.8 Å². The van der Waals surface area contributed by atoms with Gasteiger partial charge in [-0.1, -0.05) is 25.1 Å². The minimum atomic E-state index is -0.314. The Hall–Kier alpha value is -0.810. The maximum atomic E-state index is 13.1. The molecule has 0 aromatic heterocycles. The summed E-state index contributed by atoms with van der Waals surface area (Å²) in [6.07, 6.45) is 6.97. The summed E-state index contributed by atoms with van der Waals surface area (Å²) in [4.78, 5) is 0.224. The molecule has 0 amide bonds. The lowest BCUT2D eigenvalue weighted by atomic mass is 10.1. The van der Waals surface area contributed by atoms with E-state index in [0.29, 0.717) is 5.56 Å². The van der Waals surface area contributed by atoms with Crippen LogP contribution >= 0.6 is 24.0 Å². The van der Waals surface area contributed by atoms with Gasteiger partial charge < -0.3 is 11.1 Å². The van der Waals surface area contributed by atoms with Gasteiger partial charge in [0.2, 0.25) is 0 Å². The van der Waals surface area contributed by atoms with Crippen molar-refractivity contribution in [3.8, 4) is 0 Å². The number of thioether (sulfide) groups is 1. The number of thiocarbonyl (C=S) groups is 1. The monoisotopic (exact) mass is 300 g/mol. The van der Waals surface area contributed by atoms with E-state index in [2.05, 4.69) is 11.6 Å². The smallest absolute Gasteiger partial charge is 0.124 e. The first-order valence-electron chi connectivity index (χ1n) is 6.47. The van der Waals surface area contributed by atoms with Gasteiger partial charge in [-0.3, -0.25) is 0 Å². The van der Waals surface area contributed by atoms with Crippen LogP contribution < -0.4 is 11.1 Å². The fourth-order valence-electron chi connectivity index (χ4n) is 1.82. The summed E-state index contributed by atoms with van der Waals surface area (Å²) >= 11 is 6.82. The molecule has 0 radical (unpaired) electrons. The molecule has 5 heteroatoms. The van der Waals surface area contributed by atoms with E-state index in [1.807, 2.05) is 11.8 Å². The molecule has 2 nitrogen and oxygen atoms in total. The van der Waals surface area contributed by atoms with E-state index < -0.39 is 0 Å². The Labute approximate surface area is 124 Å². The van der Waals surface area contributed by atoms with Gasteiger partial charge in [-0.05, 0) is 43.0 Å². The number of benzene rings is 1. The number of hydrogen-bond acceptors (Lipinski definition) is 3. The largest absolute Gasteiger partial charge is 0.389 e. The Morgan fingerprint density at radius 1 is 1.32 bits per heavy atom. The van der Waals surface area contributed by atoms with Gasteiger partial charge in [0.15, 0.2) is 0 Å². The van der Waals surface area contributed by atoms with Crippen molar-refractivity contribution in [3.05, 3.63) is 29.6 Å². The van der Waals surface area contributed by atoms with Crippen LogP contribution in [-0.4, -0.2) is 23.5 Å². The van der Waals surface area contributed by atoms with Gasteiger partial charge in [0, 0.05) is 17.8 Å².